The molecule has 7 nitrogen and oxygen atoms in total. The second-order valence-electron chi connectivity index (χ2n) is 8.03. The highest BCUT2D eigenvalue weighted by atomic mass is 16.4. The van der Waals surface area contributed by atoms with Gasteiger partial charge in [-0.15, -0.1) is 0 Å². The Labute approximate surface area is 149 Å². The molecule has 0 radical (unpaired) electrons. The maximum absolute atomic E-state index is 12.4. The number of carbonyl (C=O) groups excluding carboxylic acids is 1. The molecule has 1 aliphatic carbocycles. The van der Waals surface area contributed by atoms with Crippen LogP contribution in [0.3, 0.4) is 0 Å². The normalized spacial score (nSPS) is 20.2. The van der Waals surface area contributed by atoms with Gasteiger partial charge in [-0.25, -0.2) is 4.98 Å². The molecule has 1 saturated carbocycles. The number of nitriles is 1. The Morgan fingerprint density at radius 1 is 1.32 bits per heavy atom. The standard InChI is InChI=1S/C18H27N5O2/c1-12(15(24)21-18(2,3)4)22-7-9-23(10-8-22)17-14(11-19)20-16(25-17)13-5-6-13/h12-13H,5-10H2,1-4H3,(H,21,24). The average Bonchev–Trinajstić information content (AvgIpc) is 3.32. The van der Waals surface area contributed by atoms with Gasteiger partial charge in [0.2, 0.25) is 23.4 Å². The van der Waals surface area contributed by atoms with Crippen LogP contribution in [0.2, 0.25) is 0 Å². The molecule has 1 aromatic rings. The third-order valence-corrected chi connectivity index (χ3v) is 4.69. The molecular weight excluding hydrogens is 318 g/mol. The van der Waals surface area contributed by atoms with Gasteiger partial charge in [0, 0.05) is 37.6 Å². The highest BCUT2D eigenvalue weighted by Gasteiger charge is 2.33. The van der Waals surface area contributed by atoms with Gasteiger partial charge in [0.05, 0.1) is 6.04 Å². The smallest absolute Gasteiger partial charge is 0.237 e. The second kappa shape index (κ2) is 6.68. The van der Waals surface area contributed by atoms with E-state index in [-0.39, 0.29) is 17.5 Å². The number of carbonyl (C=O) groups is 1. The van der Waals surface area contributed by atoms with Crippen LogP contribution in [-0.4, -0.2) is 53.6 Å². The number of oxazole rings is 1. The Kier molecular flexibility index (Phi) is 4.74. The fourth-order valence-electron chi connectivity index (χ4n) is 3.07. The number of nitrogens with zero attached hydrogens (tertiary/aromatic N) is 4. The second-order valence-corrected chi connectivity index (χ2v) is 8.03. The van der Waals surface area contributed by atoms with Gasteiger partial charge in [0.15, 0.2) is 0 Å². The van der Waals surface area contributed by atoms with Crippen LogP contribution in [0.5, 0.6) is 0 Å². The lowest BCUT2D eigenvalue weighted by Crippen LogP contribution is -2.56. The Morgan fingerprint density at radius 3 is 2.48 bits per heavy atom. The number of amides is 1. The lowest BCUT2D eigenvalue weighted by molar-refractivity contribution is -0.127. The van der Waals surface area contributed by atoms with Gasteiger partial charge >= 0.3 is 0 Å². The molecule has 1 aliphatic heterocycles. The summed E-state index contributed by atoms with van der Waals surface area (Å²) in [4.78, 5) is 20.9. The molecule has 0 bridgehead atoms. The molecule has 0 spiro atoms. The number of rotatable bonds is 4. The van der Waals surface area contributed by atoms with Crippen LogP contribution in [-0.2, 0) is 4.79 Å². The number of anilines is 1. The van der Waals surface area contributed by atoms with E-state index in [1.54, 1.807) is 0 Å². The van der Waals surface area contributed by atoms with Crippen molar-refractivity contribution in [2.24, 2.45) is 0 Å². The summed E-state index contributed by atoms with van der Waals surface area (Å²) < 4.78 is 5.87. The summed E-state index contributed by atoms with van der Waals surface area (Å²) >= 11 is 0. The van der Waals surface area contributed by atoms with E-state index in [2.05, 4.69) is 26.2 Å². The fraction of sp³-hybridized carbons (Fsp3) is 0.722. The SMILES string of the molecule is CC(C(=O)NC(C)(C)C)N1CCN(c2oc(C3CC3)nc2C#N)CC1. The van der Waals surface area contributed by atoms with Crippen LogP contribution in [0.15, 0.2) is 4.42 Å². The van der Waals surface area contributed by atoms with Crippen LogP contribution in [0.4, 0.5) is 5.88 Å². The van der Waals surface area contributed by atoms with Crippen molar-refractivity contribution < 1.29 is 9.21 Å². The van der Waals surface area contributed by atoms with Gasteiger partial charge in [-0.05, 0) is 40.5 Å². The zero-order valence-electron chi connectivity index (χ0n) is 15.5. The van der Waals surface area contributed by atoms with Crippen molar-refractivity contribution in [2.45, 2.75) is 58.0 Å². The van der Waals surface area contributed by atoms with E-state index in [1.165, 1.54) is 0 Å². The lowest BCUT2D eigenvalue weighted by atomic mass is 10.1. The van der Waals surface area contributed by atoms with Crippen molar-refractivity contribution in [3.63, 3.8) is 0 Å². The minimum Gasteiger partial charge on any atom is -0.423 e. The first kappa shape index (κ1) is 17.7. The molecule has 7 heteroatoms. The molecule has 1 N–H and O–H groups in total. The fourth-order valence-corrected chi connectivity index (χ4v) is 3.07. The van der Waals surface area contributed by atoms with Crippen LogP contribution in [0, 0.1) is 11.3 Å². The van der Waals surface area contributed by atoms with Crippen molar-refractivity contribution in [3.8, 4) is 6.07 Å². The summed E-state index contributed by atoms with van der Waals surface area (Å²) in [5.74, 6) is 1.74. The van der Waals surface area contributed by atoms with Crippen LogP contribution in [0.25, 0.3) is 0 Å². The molecule has 2 fully saturated rings. The molecule has 25 heavy (non-hydrogen) atoms. The maximum Gasteiger partial charge on any atom is 0.237 e. The van der Waals surface area contributed by atoms with Crippen LogP contribution >= 0.6 is 0 Å². The quantitative estimate of drug-likeness (QED) is 0.896. The average molecular weight is 345 g/mol. The lowest BCUT2D eigenvalue weighted by Gasteiger charge is -2.38. The molecule has 136 valence electrons. The molecule has 0 aromatic carbocycles. The molecule has 1 saturated heterocycles. The topological polar surface area (TPSA) is 85.4 Å². The van der Waals surface area contributed by atoms with Crippen molar-refractivity contribution in [2.75, 3.05) is 31.1 Å². The minimum atomic E-state index is -0.228. The zero-order valence-corrected chi connectivity index (χ0v) is 15.5. The summed E-state index contributed by atoms with van der Waals surface area (Å²) in [5.41, 5.74) is 0.155. The van der Waals surface area contributed by atoms with E-state index in [4.69, 9.17) is 4.42 Å². The number of aromatic nitrogens is 1. The Bertz CT molecular complexity index is 673. The summed E-state index contributed by atoms with van der Waals surface area (Å²) in [6.45, 7) is 10.9. The third kappa shape index (κ3) is 4.13. The van der Waals surface area contributed by atoms with E-state index in [0.29, 0.717) is 23.4 Å². The maximum atomic E-state index is 12.4. The van der Waals surface area contributed by atoms with E-state index in [9.17, 15) is 10.1 Å². The van der Waals surface area contributed by atoms with E-state index >= 15 is 0 Å². The summed E-state index contributed by atoms with van der Waals surface area (Å²) in [6.07, 6.45) is 2.19. The van der Waals surface area contributed by atoms with Gasteiger partial charge in [-0.1, -0.05) is 0 Å². The Morgan fingerprint density at radius 2 is 1.96 bits per heavy atom. The van der Waals surface area contributed by atoms with Gasteiger partial charge in [0.25, 0.3) is 0 Å². The highest BCUT2D eigenvalue weighted by Crippen LogP contribution is 2.41. The third-order valence-electron chi connectivity index (χ3n) is 4.69. The molecule has 2 heterocycles. The van der Waals surface area contributed by atoms with Crippen molar-refractivity contribution in [1.82, 2.24) is 15.2 Å². The minimum absolute atomic E-state index is 0.0503. The Balaban J connectivity index is 1.60. The van der Waals surface area contributed by atoms with Gasteiger partial charge in [0.1, 0.15) is 6.07 Å². The van der Waals surface area contributed by atoms with Crippen molar-refractivity contribution in [3.05, 3.63) is 11.6 Å². The molecule has 2 aliphatic rings. The zero-order chi connectivity index (χ0) is 18.2. The predicted octanol–water partition coefficient (Wildman–Crippen LogP) is 1.85. The molecule has 3 rings (SSSR count). The molecule has 1 unspecified atom stereocenters. The van der Waals surface area contributed by atoms with Crippen molar-refractivity contribution >= 4 is 11.8 Å². The van der Waals surface area contributed by atoms with Crippen LogP contribution in [0.1, 0.15) is 58.0 Å². The molecule has 1 amide bonds. The predicted molar refractivity (Wildman–Crippen MR) is 94.3 cm³/mol. The summed E-state index contributed by atoms with van der Waals surface area (Å²) in [6, 6.07) is 1.98. The number of piperazine rings is 1. The number of hydrogen-bond acceptors (Lipinski definition) is 6. The monoisotopic (exact) mass is 345 g/mol. The molecule has 1 aromatic heterocycles. The van der Waals surface area contributed by atoms with Gasteiger partial charge in [-0.3, -0.25) is 9.69 Å². The summed E-state index contributed by atoms with van der Waals surface area (Å²) in [7, 11) is 0. The largest absolute Gasteiger partial charge is 0.423 e. The first-order valence-corrected chi connectivity index (χ1v) is 9.00. The van der Waals surface area contributed by atoms with Crippen molar-refractivity contribution in [1.29, 1.82) is 5.26 Å². The van der Waals surface area contributed by atoms with Gasteiger partial charge < -0.3 is 14.6 Å². The summed E-state index contributed by atoms with van der Waals surface area (Å²) in [5, 5.41) is 12.4. The first-order chi connectivity index (χ1) is 11.8. The van der Waals surface area contributed by atoms with E-state index < -0.39 is 0 Å². The number of nitrogens with one attached hydrogen (secondary N) is 1. The molecule has 1 atom stereocenters. The van der Waals surface area contributed by atoms with E-state index in [1.807, 2.05) is 27.7 Å². The Hall–Kier alpha value is -2.07. The van der Waals surface area contributed by atoms with Crippen LogP contribution < -0.4 is 10.2 Å². The molecular formula is C18H27N5O2. The van der Waals surface area contributed by atoms with E-state index in [0.717, 1.165) is 39.0 Å². The highest BCUT2D eigenvalue weighted by molar-refractivity contribution is 5.82. The first-order valence-electron chi connectivity index (χ1n) is 9.00. The number of hydrogen-bond donors (Lipinski definition) is 1. The van der Waals surface area contributed by atoms with Gasteiger partial charge in [-0.2, -0.15) is 5.26 Å².